The molecule has 8 heteroatoms. The van der Waals surface area contributed by atoms with Gasteiger partial charge in [0.05, 0.1) is 32.0 Å². The summed E-state index contributed by atoms with van der Waals surface area (Å²) in [5.41, 5.74) is 2.43. The van der Waals surface area contributed by atoms with Crippen LogP contribution in [-0.4, -0.2) is 68.9 Å². The fourth-order valence-corrected chi connectivity index (χ4v) is 7.72. The Bertz CT molecular complexity index is 1110. The molecule has 0 bridgehead atoms. The van der Waals surface area contributed by atoms with Crippen LogP contribution in [0.3, 0.4) is 0 Å². The quantitative estimate of drug-likeness (QED) is 0.152. The van der Waals surface area contributed by atoms with Crippen molar-refractivity contribution in [1.29, 1.82) is 0 Å². The molecular weight excluding hydrogens is 596 g/mol. The third-order valence-electron chi connectivity index (χ3n) is 10.4. The molecule has 3 fully saturated rings. The van der Waals surface area contributed by atoms with Gasteiger partial charge in [-0.3, -0.25) is 0 Å². The molecule has 2 aliphatic heterocycles. The average Bonchev–Trinajstić information content (AvgIpc) is 3.64. The summed E-state index contributed by atoms with van der Waals surface area (Å²) < 4.78 is 37.2. The third kappa shape index (κ3) is 11.2. The molecule has 1 saturated carbocycles. The maximum Gasteiger partial charge on any atom is 0.329 e. The van der Waals surface area contributed by atoms with E-state index in [0.717, 1.165) is 76.6 Å². The summed E-state index contributed by atoms with van der Waals surface area (Å²) in [5, 5.41) is 9.22. The van der Waals surface area contributed by atoms with Crippen LogP contribution in [0.25, 0.3) is 0 Å². The molecule has 1 aromatic rings. The van der Waals surface area contributed by atoms with Crippen molar-refractivity contribution in [3.05, 3.63) is 59.7 Å². The summed E-state index contributed by atoms with van der Waals surface area (Å²) in [6, 6.07) is 10.1. The lowest BCUT2D eigenvalue weighted by Gasteiger charge is -2.31. The molecule has 4 unspecified atom stereocenters. The molecule has 1 N–H and O–H groups in total. The molecule has 1 aromatic carbocycles. The second kappa shape index (κ2) is 19.2. The molecule has 262 valence electrons. The van der Waals surface area contributed by atoms with Gasteiger partial charge in [0.2, 0.25) is 0 Å². The van der Waals surface area contributed by atoms with Crippen LogP contribution in [0, 0.1) is 29.6 Å². The van der Waals surface area contributed by atoms with Gasteiger partial charge in [-0.1, -0.05) is 80.8 Å². The van der Waals surface area contributed by atoms with Crippen LogP contribution in [0.1, 0.15) is 90.0 Å². The lowest BCUT2D eigenvalue weighted by atomic mass is 9.86. The van der Waals surface area contributed by atoms with E-state index < -0.39 is 5.97 Å². The molecule has 47 heavy (non-hydrogen) atoms. The molecule has 2 heterocycles. The van der Waals surface area contributed by atoms with Crippen LogP contribution in [0.5, 0.6) is 0 Å². The van der Waals surface area contributed by atoms with Crippen molar-refractivity contribution in [2.75, 3.05) is 33.0 Å². The number of benzene rings is 1. The number of carbonyl (C=O) groups is 1. The van der Waals surface area contributed by atoms with E-state index in [2.05, 4.69) is 44.2 Å². The van der Waals surface area contributed by atoms with Crippen molar-refractivity contribution in [1.82, 2.24) is 0 Å². The Hall–Kier alpha value is -2.07. The van der Waals surface area contributed by atoms with Crippen molar-refractivity contribution in [2.45, 2.75) is 116 Å². The second-order valence-electron chi connectivity index (χ2n) is 14.1. The zero-order chi connectivity index (χ0) is 32.8. The third-order valence-corrected chi connectivity index (χ3v) is 10.4. The Balaban J connectivity index is 1.30. The number of carboxylic acids is 1. The monoisotopic (exact) mass is 654 g/mol. The van der Waals surface area contributed by atoms with Crippen LogP contribution < -0.4 is 0 Å². The first-order valence-corrected chi connectivity index (χ1v) is 18.3. The Morgan fingerprint density at radius 1 is 1.02 bits per heavy atom. The Kier molecular flexibility index (Phi) is 14.8. The van der Waals surface area contributed by atoms with Crippen LogP contribution in [0.15, 0.2) is 54.1 Å². The second-order valence-corrected chi connectivity index (χ2v) is 14.1. The largest absolute Gasteiger partial charge is 0.480 e. The van der Waals surface area contributed by atoms with Crippen LogP contribution in [0.2, 0.25) is 0 Å². The zero-order valence-electron chi connectivity index (χ0n) is 28.6. The lowest BCUT2D eigenvalue weighted by molar-refractivity contribution is -0.193. The van der Waals surface area contributed by atoms with Gasteiger partial charge in [-0.2, -0.15) is 0 Å². The summed E-state index contributed by atoms with van der Waals surface area (Å²) in [6.45, 7) is 7.12. The predicted octanol–water partition coefficient (Wildman–Crippen LogP) is 7.71. The number of fused-ring (bicyclic) bond motifs is 1. The smallest absolute Gasteiger partial charge is 0.329 e. The van der Waals surface area contributed by atoms with Crippen molar-refractivity contribution in [3.63, 3.8) is 0 Å². The fraction of sp³-hybridized carbons (Fsp3) is 0.718. The van der Waals surface area contributed by atoms with Crippen LogP contribution in [-0.2, 0) is 39.8 Å². The van der Waals surface area contributed by atoms with Crippen molar-refractivity contribution < 1.29 is 38.3 Å². The van der Waals surface area contributed by atoms with Crippen molar-refractivity contribution >= 4 is 5.97 Å². The minimum atomic E-state index is -0.954. The summed E-state index contributed by atoms with van der Waals surface area (Å²) in [6.07, 6.45) is 18.7. The van der Waals surface area contributed by atoms with Crippen molar-refractivity contribution in [2.24, 2.45) is 29.6 Å². The molecule has 4 aliphatic rings. The Morgan fingerprint density at radius 2 is 1.77 bits per heavy atom. The summed E-state index contributed by atoms with van der Waals surface area (Å²) in [4.78, 5) is 11.2. The molecular formula is C39H58O8. The molecule has 0 spiro atoms. The van der Waals surface area contributed by atoms with Crippen LogP contribution >= 0.6 is 0 Å². The van der Waals surface area contributed by atoms with Crippen LogP contribution in [0.4, 0.5) is 0 Å². The van der Waals surface area contributed by atoms with E-state index in [0.29, 0.717) is 37.6 Å². The maximum atomic E-state index is 11.2. The molecule has 0 aromatic heterocycles. The normalized spacial score (nSPS) is 29.8. The number of ether oxygens (including phenoxy) is 6. The molecule has 9 atom stereocenters. The highest BCUT2D eigenvalue weighted by Gasteiger charge is 2.46. The summed E-state index contributed by atoms with van der Waals surface area (Å²) >= 11 is 0. The standard InChI is InChI=1S/C39H58O8/c1-3-4-12-28(2)35(46-38-15-8-10-19-44-38)18-17-33-34-22-30(21-31(34)23-36(33)47-39-16-9-11-20-45-39)32(26-43-27-37(40)41)25-42-24-29-13-6-5-7-14-29/h5-7,13-14,17-18,21,28,31-36,38-39H,3-4,8-12,15-16,19-20,22-27H2,1-2H3,(H,40,41)/b18-17+/t28?,31-,32?,33+,34-,35+,36+,38?,39?/m0/s1. The van der Waals surface area contributed by atoms with E-state index in [1.54, 1.807) is 0 Å². The highest BCUT2D eigenvalue weighted by atomic mass is 16.7. The van der Waals surface area contributed by atoms with E-state index in [1.807, 2.05) is 18.2 Å². The van der Waals surface area contributed by atoms with Gasteiger partial charge >= 0.3 is 5.97 Å². The van der Waals surface area contributed by atoms with E-state index in [-0.39, 0.29) is 43.2 Å². The summed E-state index contributed by atoms with van der Waals surface area (Å²) in [7, 11) is 0. The highest BCUT2D eigenvalue weighted by molar-refractivity contribution is 5.68. The number of allylic oxidation sites excluding steroid dienone is 1. The first kappa shape index (κ1) is 36.2. The molecule has 0 amide bonds. The molecule has 8 nitrogen and oxygen atoms in total. The molecule has 2 aliphatic carbocycles. The summed E-state index contributed by atoms with van der Waals surface area (Å²) in [5.74, 6) is 0.436. The van der Waals surface area contributed by atoms with E-state index in [4.69, 9.17) is 28.4 Å². The van der Waals surface area contributed by atoms with E-state index >= 15 is 0 Å². The van der Waals surface area contributed by atoms with E-state index in [1.165, 1.54) is 18.4 Å². The van der Waals surface area contributed by atoms with Gasteiger partial charge in [-0.15, -0.1) is 0 Å². The Morgan fingerprint density at radius 3 is 2.47 bits per heavy atom. The topological polar surface area (TPSA) is 92.7 Å². The molecule has 0 radical (unpaired) electrons. The SMILES string of the molecule is CCCCC(C)[C@@H](/C=C/[C@@H]1[C@H]2CC(C(COCC(=O)O)COCc3ccccc3)=C[C@H]2C[C@H]1OC1CCCCO1)OC1CCCCO1. The zero-order valence-corrected chi connectivity index (χ0v) is 28.6. The Labute approximate surface area is 282 Å². The number of unbranched alkanes of at least 4 members (excludes halogenated alkanes) is 1. The number of rotatable bonds is 19. The molecule has 5 rings (SSSR count). The van der Waals surface area contributed by atoms with Gasteiger partial charge in [0, 0.05) is 25.0 Å². The minimum Gasteiger partial charge on any atom is -0.480 e. The lowest BCUT2D eigenvalue weighted by Crippen LogP contribution is -2.32. The van der Waals surface area contributed by atoms with Gasteiger partial charge in [-0.25, -0.2) is 4.79 Å². The van der Waals surface area contributed by atoms with Gasteiger partial charge in [0.25, 0.3) is 0 Å². The van der Waals surface area contributed by atoms with Gasteiger partial charge in [0.15, 0.2) is 12.6 Å². The maximum absolute atomic E-state index is 11.2. The van der Waals surface area contributed by atoms with Crippen molar-refractivity contribution in [3.8, 4) is 0 Å². The van der Waals surface area contributed by atoms with Gasteiger partial charge < -0.3 is 33.5 Å². The fourth-order valence-electron chi connectivity index (χ4n) is 7.72. The number of carboxylic acid groups (broad SMARTS) is 1. The minimum absolute atomic E-state index is 0.00272. The average molecular weight is 655 g/mol. The number of hydrogen-bond acceptors (Lipinski definition) is 7. The first-order chi connectivity index (χ1) is 23.0. The predicted molar refractivity (Wildman–Crippen MR) is 181 cm³/mol. The number of hydrogen-bond donors (Lipinski definition) is 1. The van der Waals surface area contributed by atoms with Gasteiger partial charge in [0.1, 0.15) is 6.61 Å². The number of aliphatic carboxylic acids is 1. The first-order valence-electron chi connectivity index (χ1n) is 18.3. The molecule has 2 saturated heterocycles. The highest BCUT2D eigenvalue weighted by Crippen LogP contribution is 2.50. The van der Waals surface area contributed by atoms with E-state index in [9.17, 15) is 9.90 Å². The van der Waals surface area contributed by atoms with Gasteiger partial charge in [-0.05, 0) is 81.1 Å².